The van der Waals surface area contributed by atoms with Gasteiger partial charge in [0.05, 0.1) is 14.2 Å². The average Bonchev–Trinajstić information content (AvgIpc) is 2.61. The Balaban J connectivity index is 1.89. The van der Waals surface area contributed by atoms with E-state index < -0.39 is 0 Å². The second kappa shape index (κ2) is 7.36. The fourth-order valence-corrected chi connectivity index (χ4v) is 3.00. The van der Waals surface area contributed by atoms with Crippen LogP contribution in [0.25, 0.3) is 5.70 Å². The van der Waals surface area contributed by atoms with Crippen LogP contribution in [-0.4, -0.2) is 25.8 Å². The Morgan fingerprint density at radius 3 is 2.54 bits per heavy atom. The topological polar surface area (TPSA) is 42.5 Å². The van der Waals surface area contributed by atoms with Crippen LogP contribution in [-0.2, 0) is 6.42 Å². The van der Waals surface area contributed by atoms with Gasteiger partial charge in [-0.25, -0.2) is 0 Å². The van der Waals surface area contributed by atoms with Crippen molar-refractivity contribution in [3.8, 4) is 11.5 Å². The molecule has 0 unspecified atom stereocenters. The molecule has 5 heteroatoms. The van der Waals surface area contributed by atoms with Crippen LogP contribution in [0.5, 0.6) is 11.5 Å². The molecule has 1 heterocycles. The molecule has 2 aromatic carbocycles. The zero-order chi connectivity index (χ0) is 16.9. The van der Waals surface area contributed by atoms with Gasteiger partial charge in [-0.3, -0.25) is 0 Å². The SMILES string of the molecule is COc1cc2c(cc1OC)C(=CC(=S)Nc1ccccc1)NCC2. The molecular formula is C19H20N2O2S. The minimum Gasteiger partial charge on any atom is -0.493 e. The number of thiocarbonyl (C=S) groups is 1. The summed E-state index contributed by atoms with van der Waals surface area (Å²) in [5.41, 5.74) is 4.28. The van der Waals surface area contributed by atoms with Crippen molar-refractivity contribution in [2.75, 3.05) is 26.1 Å². The first kappa shape index (κ1) is 16.3. The van der Waals surface area contributed by atoms with Gasteiger partial charge in [-0.2, -0.15) is 0 Å². The minimum absolute atomic E-state index is 0.659. The molecule has 0 saturated carbocycles. The third-order valence-corrected chi connectivity index (χ3v) is 4.15. The first-order chi connectivity index (χ1) is 11.7. The van der Waals surface area contributed by atoms with E-state index in [1.54, 1.807) is 14.2 Å². The van der Waals surface area contributed by atoms with Crippen molar-refractivity contribution < 1.29 is 9.47 Å². The molecule has 0 atom stereocenters. The summed E-state index contributed by atoms with van der Waals surface area (Å²) in [7, 11) is 3.30. The van der Waals surface area contributed by atoms with Crippen LogP contribution < -0.4 is 20.1 Å². The first-order valence-electron chi connectivity index (χ1n) is 7.78. The largest absolute Gasteiger partial charge is 0.493 e. The summed E-state index contributed by atoms with van der Waals surface area (Å²) in [6, 6.07) is 13.9. The van der Waals surface area contributed by atoms with E-state index in [1.807, 2.05) is 48.5 Å². The van der Waals surface area contributed by atoms with E-state index in [4.69, 9.17) is 21.7 Å². The Hall–Kier alpha value is -2.53. The predicted molar refractivity (Wildman–Crippen MR) is 102 cm³/mol. The van der Waals surface area contributed by atoms with Crippen molar-refractivity contribution in [1.29, 1.82) is 0 Å². The summed E-state index contributed by atoms with van der Waals surface area (Å²) in [5.74, 6) is 1.47. The smallest absolute Gasteiger partial charge is 0.161 e. The number of anilines is 1. The maximum absolute atomic E-state index is 5.47. The van der Waals surface area contributed by atoms with E-state index >= 15 is 0 Å². The highest BCUT2D eigenvalue weighted by Crippen LogP contribution is 2.34. The van der Waals surface area contributed by atoms with Crippen molar-refractivity contribution in [2.24, 2.45) is 0 Å². The molecule has 0 aromatic heterocycles. The van der Waals surface area contributed by atoms with Gasteiger partial charge < -0.3 is 20.1 Å². The molecule has 0 saturated heterocycles. The maximum atomic E-state index is 5.47. The van der Waals surface area contributed by atoms with E-state index in [0.717, 1.165) is 35.7 Å². The number of rotatable bonds is 4. The van der Waals surface area contributed by atoms with Gasteiger partial charge >= 0.3 is 0 Å². The van der Waals surface area contributed by atoms with E-state index in [-0.39, 0.29) is 0 Å². The van der Waals surface area contributed by atoms with Crippen LogP contribution in [0.3, 0.4) is 0 Å². The number of para-hydroxylation sites is 1. The molecule has 1 aliphatic rings. The molecule has 0 spiro atoms. The molecular weight excluding hydrogens is 320 g/mol. The lowest BCUT2D eigenvalue weighted by atomic mass is 9.97. The molecule has 2 N–H and O–H groups in total. The lowest BCUT2D eigenvalue weighted by molar-refractivity contribution is 0.354. The molecule has 24 heavy (non-hydrogen) atoms. The Morgan fingerprint density at radius 2 is 1.83 bits per heavy atom. The molecule has 4 nitrogen and oxygen atoms in total. The van der Waals surface area contributed by atoms with Crippen LogP contribution in [0.2, 0.25) is 0 Å². The van der Waals surface area contributed by atoms with Crippen LogP contribution in [0.1, 0.15) is 11.1 Å². The molecule has 0 amide bonds. The third-order valence-electron chi connectivity index (χ3n) is 3.93. The van der Waals surface area contributed by atoms with Crippen LogP contribution in [0.4, 0.5) is 5.69 Å². The minimum atomic E-state index is 0.659. The molecule has 0 aliphatic carbocycles. The Bertz CT molecular complexity index is 772. The second-order valence-electron chi connectivity index (χ2n) is 5.45. The van der Waals surface area contributed by atoms with Crippen molar-refractivity contribution in [1.82, 2.24) is 5.32 Å². The van der Waals surface area contributed by atoms with Crippen molar-refractivity contribution >= 4 is 28.6 Å². The fraction of sp³-hybridized carbons (Fsp3) is 0.211. The van der Waals surface area contributed by atoms with E-state index in [1.165, 1.54) is 5.56 Å². The number of fused-ring (bicyclic) bond motifs is 1. The van der Waals surface area contributed by atoms with E-state index in [9.17, 15) is 0 Å². The standard InChI is InChI=1S/C19H20N2O2S/c1-22-17-10-13-8-9-20-16(15(13)11-18(17)23-2)12-19(24)21-14-6-4-3-5-7-14/h3-7,10-12,20H,8-9H2,1-2H3,(H,21,24). The lowest BCUT2D eigenvalue weighted by Gasteiger charge is -2.23. The number of methoxy groups -OCH3 is 2. The molecule has 0 radical (unpaired) electrons. The van der Waals surface area contributed by atoms with Gasteiger partial charge in [0.1, 0.15) is 4.99 Å². The Morgan fingerprint density at radius 1 is 1.12 bits per heavy atom. The van der Waals surface area contributed by atoms with Crippen LogP contribution in [0, 0.1) is 0 Å². The van der Waals surface area contributed by atoms with Gasteiger partial charge in [-0.05, 0) is 42.3 Å². The summed E-state index contributed by atoms with van der Waals surface area (Å²) < 4.78 is 10.8. The quantitative estimate of drug-likeness (QED) is 0.657. The molecule has 0 bridgehead atoms. The van der Waals surface area contributed by atoms with Crippen molar-refractivity contribution in [2.45, 2.75) is 6.42 Å². The summed E-state index contributed by atoms with van der Waals surface area (Å²) >= 11 is 5.47. The predicted octanol–water partition coefficient (Wildman–Crippen LogP) is 3.63. The Labute approximate surface area is 147 Å². The summed E-state index contributed by atoms with van der Waals surface area (Å²) in [5, 5.41) is 6.65. The maximum Gasteiger partial charge on any atom is 0.161 e. The summed E-state index contributed by atoms with van der Waals surface area (Å²) in [6.45, 7) is 0.863. The fourth-order valence-electron chi connectivity index (χ4n) is 2.77. The highest BCUT2D eigenvalue weighted by molar-refractivity contribution is 7.81. The first-order valence-corrected chi connectivity index (χ1v) is 8.19. The normalized spacial score (nSPS) is 14.5. The molecule has 2 aromatic rings. The highest BCUT2D eigenvalue weighted by Gasteiger charge is 2.18. The van der Waals surface area contributed by atoms with Crippen LogP contribution >= 0.6 is 12.2 Å². The van der Waals surface area contributed by atoms with Gasteiger partial charge in [0.15, 0.2) is 11.5 Å². The number of ether oxygens (including phenoxy) is 2. The van der Waals surface area contributed by atoms with Gasteiger partial charge in [-0.15, -0.1) is 0 Å². The zero-order valence-electron chi connectivity index (χ0n) is 13.8. The number of nitrogens with one attached hydrogen (secondary N) is 2. The third kappa shape index (κ3) is 3.51. The molecule has 1 aliphatic heterocycles. The monoisotopic (exact) mass is 340 g/mol. The van der Waals surface area contributed by atoms with E-state index in [2.05, 4.69) is 10.6 Å². The van der Waals surface area contributed by atoms with Crippen molar-refractivity contribution in [3.63, 3.8) is 0 Å². The zero-order valence-corrected chi connectivity index (χ0v) is 14.6. The lowest BCUT2D eigenvalue weighted by Crippen LogP contribution is -2.24. The van der Waals surface area contributed by atoms with Crippen LogP contribution in [0.15, 0.2) is 48.5 Å². The second-order valence-corrected chi connectivity index (χ2v) is 5.89. The van der Waals surface area contributed by atoms with Gasteiger partial charge in [0.25, 0.3) is 0 Å². The summed E-state index contributed by atoms with van der Waals surface area (Å²) in [6.07, 6.45) is 2.89. The molecule has 3 rings (SSSR count). The molecule has 0 fully saturated rings. The van der Waals surface area contributed by atoms with Gasteiger partial charge in [-0.1, -0.05) is 30.4 Å². The van der Waals surface area contributed by atoms with E-state index in [0.29, 0.717) is 10.7 Å². The highest BCUT2D eigenvalue weighted by atomic mass is 32.1. The van der Waals surface area contributed by atoms with Gasteiger partial charge in [0, 0.05) is 23.5 Å². The Kier molecular flexibility index (Phi) is 5.01. The summed E-state index contributed by atoms with van der Waals surface area (Å²) in [4.78, 5) is 0.659. The number of hydrogen-bond donors (Lipinski definition) is 2. The van der Waals surface area contributed by atoms with Gasteiger partial charge in [0.2, 0.25) is 0 Å². The average molecular weight is 340 g/mol. The molecule has 124 valence electrons. The number of hydrogen-bond acceptors (Lipinski definition) is 4. The van der Waals surface area contributed by atoms with Crippen molar-refractivity contribution in [3.05, 3.63) is 59.7 Å². The number of benzene rings is 2.